The van der Waals surface area contributed by atoms with Crippen LogP contribution in [-0.4, -0.2) is 117 Å². The average molecular weight is 1670 g/mol. The zero-order chi connectivity index (χ0) is 52.2. The fraction of sp³-hybridized carbons (Fsp3) is 0.333. The molecule has 0 aliphatic rings. The Morgan fingerprint density at radius 2 is 0.884 bits per heavy atom. The van der Waals surface area contributed by atoms with Crippen molar-refractivity contribution in [3.8, 4) is 0 Å². The summed E-state index contributed by atoms with van der Waals surface area (Å²) in [4.78, 5) is 133. The van der Waals surface area contributed by atoms with Gasteiger partial charge < -0.3 is 44.1 Å². The second kappa shape index (κ2) is 28.2. The van der Waals surface area contributed by atoms with Crippen LogP contribution < -0.4 is 20.4 Å². The highest BCUT2D eigenvalue weighted by atomic mass is 127. The number of esters is 4. The Labute approximate surface area is 486 Å². The van der Waals surface area contributed by atoms with Crippen molar-refractivity contribution in [3.63, 3.8) is 0 Å². The Balaban J connectivity index is 2.21. The molecule has 0 aromatic heterocycles. The average Bonchev–Trinajstić information content (AvgIpc) is 3.24. The minimum Gasteiger partial charge on any atom is -0.462 e. The number of halogens is 8. The van der Waals surface area contributed by atoms with E-state index in [0.717, 1.165) is 37.5 Å². The summed E-state index contributed by atoms with van der Waals surface area (Å²) < 4.78 is 27.1. The molecule has 3 aromatic rings. The third-order valence-corrected chi connectivity index (χ3v) is 15.8. The van der Waals surface area contributed by atoms with Crippen LogP contribution in [0, 0.1) is 21.4 Å². The van der Waals surface area contributed by atoms with Crippen molar-refractivity contribution in [3.05, 3.63) is 79.6 Å². The maximum atomic E-state index is 15.0. The molecule has 0 saturated heterocycles. The molecule has 0 saturated carbocycles. The first-order chi connectivity index (χ1) is 32.2. The quantitative estimate of drug-likeness (QED) is 0.0369. The van der Waals surface area contributed by atoms with Crippen LogP contribution in [0.2, 0.25) is 0 Å². The highest BCUT2D eigenvalue weighted by Gasteiger charge is 2.40. The van der Waals surface area contributed by atoms with Gasteiger partial charge in [0.1, 0.15) is 13.2 Å². The van der Waals surface area contributed by atoms with Crippen molar-refractivity contribution >= 4 is 228 Å². The number of amides is 4. The van der Waals surface area contributed by atoms with Gasteiger partial charge in [-0.1, -0.05) is 30.3 Å². The first-order valence-electron chi connectivity index (χ1n) is 19.4. The molecule has 3 rings (SSSR count). The molecule has 0 spiro atoms. The maximum absolute atomic E-state index is 15.0. The number of carbonyl (C=O) groups is 10. The summed E-state index contributed by atoms with van der Waals surface area (Å²) in [5.74, 6) is -6.35. The van der Waals surface area contributed by atoms with Crippen LogP contribution in [0.5, 0.6) is 0 Å². The van der Waals surface area contributed by atoms with Crippen molar-refractivity contribution < 1.29 is 71.6 Å². The first-order valence-corrected chi connectivity index (χ1v) is 26.6. The molecule has 19 nitrogen and oxygen atoms in total. The normalized spacial score (nSPS) is 12.1. The molecular formula is C42H38Cl2I6N4O15. The van der Waals surface area contributed by atoms with Gasteiger partial charge in [-0.15, -0.1) is 0 Å². The van der Waals surface area contributed by atoms with Gasteiger partial charge in [-0.3, -0.25) is 47.9 Å². The monoisotopic (exact) mass is 1670 g/mol. The van der Waals surface area contributed by atoms with Crippen LogP contribution in [0.3, 0.4) is 0 Å². The lowest BCUT2D eigenvalue weighted by molar-refractivity contribution is -0.155. The van der Waals surface area contributed by atoms with E-state index in [1.807, 2.05) is 0 Å². The summed E-state index contributed by atoms with van der Waals surface area (Å²) in [6.45, 7) is 2.84. The molecule has 0 bridgehead atoms. The molecule has 27 heteroatoms. The number of hydrogen-bond donors (Lipinski definition) is 2. The molecular weight excluding hydrogens is 1630 g/mol. The second-order valence-electron chi connectivity index (χ2n) is 14.1. The van der Waals surface area contributed by atoms with Gasteiger partial charge in [0.25, 0.3) is 34.1 Å². The standard InChI is InChI=1S/C42H38Cl2I6N4O15/c1-17(55)65-15-22(68-19(3)57)12-51-39(61)26-28(45)24(37(43)59)30(47)34(32(26)49)53(5)41(63)36(67-14-21-10-8-7-9-11-21)42(64)54(6)35-31(48)25(38(44)60)29(46)27(33(35)50)40(62)52-13-23(69-20(4)58)16-66-18(2)56/h7-11,22-23,36H,12-16H2,1-6H3,(H,51,61)(H,52,62). The summed E-state index contributed by atoms with van der Waals surface area (Å²) in [6.07, 6.45) is -4.19. The Bertz CT molecular complexity index is 2420. The summed E-state index contributed by atoms with van der Waals surface area (Å²) in [5.41, 5.74) is -0.0305. The molecule has 2 atom stereocenters. The molecule has 0 aliphatic carbocycles. The molecule has 0 radical (unpaired) electrons. The largest absolute Gasteiger partial charge is 0.462 e. The topological polar surface area (TPSA) is 247 Å². The van der Waals surface area contributed by atoms with E-state index < -0.39 is 76.3 Å². The number of rotatable bonds is 21. The van der Waals surface area contributed by atoms with Crippen LogP contribution in [0.1, 0.15) is 74.7 Å². The van der Waals surface area contributed by atoms with Crippen LogP contribution in [0.4, 0.5) is 11.4 Å². The molecule has 3 aromatic carbocycles. The molecule has 372 valence electrons. The maximum Gasteiger partial charge on any atom is 0.303 e. The third kappa shape index (κ3) is 16.6. The lowest BCUT2D eigenvalue weighted by Crippen LogP contribution is -2.49. The van der Waals surface area contributed by atoms with Crippen molar-refractivity contribution in [2.75, 3.05) is 50.2 Å². The smallest absolute Gasteiger partial charge is 0.303 e. The molecule has 2 unspecified atom stereocenters. The number of carbonyl (C=O) groups excluding carboxylic acids is 10. The van der Waals surface area contributed by atoms with E-state index >= 15 is 0 Å². The second-order valence-corrected chi connectivity index (χ2v) is 21.2. The van der Waals surface area contributed by atoms with E-state index in [0.29, 0.717) is 5.56 Å². The third-order valence-electron chi connectivity index (χ3n) is 9.07. The number of likely N-dealkylation sites (N-methyl/N-ethyl adjacent to an activating group) is 2. The molecule has 0 aliphatic heterocycles. The summed E-state index contributed by atoms with van der Waals surface area (Å²) in [7, 11) is 2.58. The fourth-order valence-electron chi connectivity index (χ4n) is 5.96. The van der Waals surface area contributed by atoms with Gasteiger partial charge in [-0.05, 0) is 164 Å². The van der Waals surface area contributed by atoms with Crippen LogP contribution in [0.15, 0.2) is 30.3 Å². The van der Waals surface area contributed by atoms with E-state index in [1.54, 1.807) is 166 Å². The Kier molecular flexibility index (Phi) is 24.9. The Morgan fingerprint density at radius 1 is 0.536 bits per heavy atom. The number of nitrogens with one attached hydrogen (secondary N) is 2. The number of ether oxygens (including phenoxy) is 5. The van der Waals surface area contributed by atoms with Crippen LogP contribution in [-0.2, 0) is 59.1 Å². The van der Waals surface area contributed by atoms with Crippen molar-refractivity contribution in [1.82, 2.24) is 10.6 Å². The molecule has 0 heterocycles. The van der Waals surface area contributed by atoms with E-state index in [-0.39, 0.29) is 88.0 Å². The lowest BCUT2D eigenvalue weighted by atomic mass is 10.1. The molecule has 4 amide bonds. The fourth-order valence-corrected chi connectivity index (χ4v) is 16.7. The van der Waals surface area contributed by atoms with Gasteiger partial charge in [0.15, 0.2) is 12.2 Å². The van der Waals surface area contributed by atoms with Crippen molar-refractivity contribution in [1.29, 1.82) is 0 Å². The van der Waals surface area contributed by atoms with E-state index in [1.165, 1.54) is 14.1 Å². The predicted octanol–water partition coefficient (Wildman–Crippen LogP) is 6.73. The zero-order valence-corrected chi connectivity index (χ0v) is 51.2. The van der Waals surface area contributed by atoms with Gasteiger partial charge in [-0.2, -0.15) is 0 Å². The van der Waals surface area contributed by atoms with Crippen LogP contribution >= 0.6 is 159 Å². The molecule has 2 N–H and O–H groups in total. The minimum absolute atomic E-state index is 0.0239. The molecule has 0 fully saturated rings. The summed E-state index contributed by atoms with van der Waals surface area (Å²) >= 11 is 22.9. The number of nitrogens with zero attached hydrogens (tertiary/aromatic N) is 2. The number of anilines is 2. The van der Waals surface area contributed by atoms with Gasteiger partial charge >= 0.3 is 23.9 Å². The SMILES string of the molecule is CC(=O)OCC(CNC(=O)c1c(I)c(C(=O)Cl)c(I)c(N(C)C(=O)C(OCc2ccccc2)C(=O)N(C)c2c(I)c(C(=O)Cl)c(I)c(C(=O)NCC(COC(C)=O)OC(C)=O)c2I)c1I)OC(C)=O. The number of benzene rings is 3. The summed E-state index contributed by atoms with van der Waals surface area (Å²) in [5, 5.41) is 3.24. The number of hydrogen-bond acceptors (Lipinski definition) is 15. The highest BCUT2D eigenvalue weighted by molar-refractivity contribution is 14.1. The van der Waals surface area contributed by atoms with Gasteiger partial charge in [0.2, 0.25) is 6.10 Å². The van der Waals surface area contributed by atoms with Gasteiger partial charge in [0, 0.05) is 48.9 Å². The highest BCUT2D eigenvalue weighted by Crippen LogP contribution is 2.41. The van der Waals surface area contributed by atoms with Crippen molar-refractivity contribution in [2.24, 2.45) is 0 Å². The Hall–Kier alpha value is -2.32. The summed E-state index contributed by atoms with van der Waals surface area (Å²) in [6, 6.07) is 8.57. The zero-order valence-electron chi connectivity index (χ0n) is 36.7. The van der Waals surface area contributed by atoms with E-state index in [9.17, 15) is 47.9 Å². The molecule has 69 heavy (non-hydrogen) atoms. The van der Waals surface area contributed by atoms with E-state index in [4.69, 9.17) is 46.9 Å². The lowest BCUT2D eigenvalue weighted by Gasteiger charge is -2.30. The van der Waals surface area contributed by atoms with Crippen molar-refractivity contribution in [2.45, 2.75) is 52.6 Å². The van der Waals surface area contributed by atoms with Gasteiger partial charge in [0.05, 0.1) is 67.6 Å². The van der Waals surface area contributed by atoms with Crippen LogP contribution in [0.25, 0.3) is 0 Å². The first kappa shape index (κ1) is 61.0. The Morgan fingerprint density at radius 3 is 1.20 bits per heavy atom. The minimum atomic E-state index is -1.99. The predicted molar refractivity (Wildman–Crippen MR) is 300 cm³/mol. The van der Waals surface area contributed by atoms with Gasteiger partial charge in [-0.25, -0.2) is 0 Å². The van der Waals surface area contributed by atoms with E-state index in [2.05, 4.69) is 10.6 Å².